The van der Waals surface area contributed by atoms with Crippen LogP contribution in [0.4, 0.5) is 34.1 Å². The number of para-hydroxylation sites is 4. The van der Waals surface area contributed by atoms with Crippen molar-refractivity contribution in [1.82, 2.24) is 4.98 Å². The van der Waals surface area contributed by atoms with E-state index in [1.165, 1.54) is 53.3 Å². The Kier molecular flexibility index (Phi) is 10.9. The van der Waals surface area contributed by atoms with Crippen LogP contribution in [0.15, 0.2) is 206 Å². The quantitative estimate of drug-likeness (QED) is 0.0980. The van der Waals surface area contributed by atoms with Gasteiger partial charge in [-0.25, -0.2) is 0 Å². The van der Waals surface area contributed by atoms with Crippen LogP contribution in [-0.2, 0) is 30.3 Å². The van der Waals surface area contributed by atoms with E-state index >= 15 is 0 Å². The molecule has 7 aromatic carbocycles. The number of hydrogen-bond donors (Lipinski definition) is 1. The van der Waals surface area contributed by atoms with Crippen LogP contribution in [0.5, 0.6) is 0 Å². The number of pyridine rings is 1. The average molecular weight is 943 g/mol. The van der Waals surface area contributed by atoms with E-state index in [2.05, 4.69) is 198 Å². The molecule has 2 aliphatic carbocycles. The summed E-state index contributed by atoms with van der Waals surface area (Å²) in [5, 5.41) is 8.36. The Hall–Kier alpha value is -6.85. The largest absolute Gasteiger partial charge is 0.512 e. The van der Waals surface area contributed by atoms with Crippen molar-refractivity contribution in [1.29, 1.82) is 0 Å². The van der Waals surface area contributed by atoms with Crippen LogP contribution in [0.25, 0.3) is 22.4 Å². The zero-order valence-electron chi connectivity index (χ0n) is 32.6. The van der Waals surface area contributed by atoms with Gasteiger partial charge in [0.25, 0.3) is 0 Å². The van der Waals surface area contributed by atoms with Gasteiger partial charge < -0.3 is 19.9 Å². The second-order valence-electron chi connectivity index (χ2n) is 14.5. The second kappa shape index (κ2) is 16.6. The van der Waals surface area contributed by atoms with Crippen molar-refractivity contribution in [3.8, 4) is 22.4 Å². The normalized spacial score (nSPS) is 12.5. The van der Waals surface area contributed by atoms with Crippen LogP contribution in [0, 0.1) is 6.07 Å². The Balaban J connectivity index is 0.000000558. The molecule has 0 saturated carbocycles. The summed E-state index contributed by atoms with van der Waals surface area (Å²) in [7, 11) is 0. The van der Waals surface area contributed by atoms with Crippen LogP contribution in [-0.4, -0.2) is 15.9 Å². The smallest absolute Gasteiger partial charge is 0.155 e. The molecule has 5 nitrogen and oxygen atoms in total. The van der Waals surface area contributed by atoms with Gasteiger partial charge in [0.2, 0.25) is 0 Å². The summed E-state index contributed by atoms with van der Waals surface area (Å²) in [6.45, 7) is 2.85. The molecule has 0 fully saturated rings. The Morgan fingerprint density at radius 3 is 1.39 bits per heavy atom. The number of nitrogens with zero attached hydrogens (tertiary/aromatic N) is 3. The van der Waals surface area contributed by atoms with E-state index in [4.69, 9.17) is 10.1 Å². The molecule has 289 valence electrons. The Morgan fingerprint density at radius 1 is 0.542 bits per heavy atom. The SMILES string of the molecule is CC(=O)/C=C(/C)O.[Ir].[c-]1cccc2c1-c1ncccc1C21c2ccc(N(c3ccccc3)c3ccccc3)cc2-c2cc(N(c3ccccc3)c3ccccc3)ccc21. The van der Waals surface area contributed by atoms with E-state index in [-0.39, 0.29) is 31.6 Å². The number of carbonyl (C=O) groups excluding carboxylic acids is 1. The van der Waals surface area contributed by atoms with Gasteiger partial charge in [-0.15, -0.1) is 35.4 Å². The number of rotatable bonds is 7. The van der Waals surface area contributed by atoms with Crippen LogP contribution in [0.3, 0.4) is 0 Å². The molecule has 2 aliphatic rings. The van der Waals surface area contributed by atoms with Gasteiger partial charge in [0.05, 0.1) is 5.76 Å². The molecule has 0 unspecified atom stereocenters. The number of aliphatic hydroxyl groups is 1. The fraction of sp³-hybridized carbons (Fsp3) is 0.0566. The van der Waals surface area contributed by atoms with Gasteiger partial charge in [0.1, 0.15) is 0 Å². The van der Waals surface area contributed by atoms with Gasteiger partial charge in [0, 0.05) is 71.9 Å². The first-order valence-corrected chi connectivity index (χ1v) is 19.4. The number of allylic oxidation sites excluding steroid dienone is 2. The molecule has 10 rings (SSSR count). The standard InChI is InChI=1S/C48H32N3.C5H8O2.Ir/c1-5-16-34(17-6-1)50(35-18-7-2-8-19-35)38-27-29-44-41(32-38)42-33-39(51(36-20-9-3-10-21-36)37-22-11-4-12-23-37)28-30-45(42)48(44)43-25-14-13-24-40(43)47-46(48)26-15-31-49-47;1-4(6)3-5(2)7;/h1-23,25-33H;3,6H,1-2H3;/q-1;;/b;4-3-;. The molecular formula is C53H40IrN3O2-. The molecule has 6 heteroatoms. The summed E-state index contributed by atoms with van der Waals surface area (Å²) in [6, 6.07) is 70.9. The first-order chi connectivity index (χ1) is 28.4. The third-order valence-corrected chi connectivity index (χ3v) is 10.8. The maximum atomic E-state index is 10.0. The van der Waals surface area contributed by atoms with Gasteiger partial charge >= 0.3 is 0 Å². The van der Waals surface area contributed by atoms with Gasteiger partial charge in [-0.05, 0) is 121 Å². The topological polar surface area (TPSA) is 56.7 Å². The van der Waals surface area contributed by atoms with Gasteiger partial charge in [-0.3, -0.25) is 4.79 Å². The molecule has 8 aromatic rings. The third kappa shape index (κ3) is 6.97. The number of hydrogen-bond acceptors (Lipinski definition) is 5. The number of ketones is 1. The average Bonchev–Trinajstić information content (AvgIpc) is 3.72. The predicted molar refractivity (Wildman–Crippen MR) is 236 cm³/mol. The number of benzene rings is 7. The van der Waals surface area contributed by atoms with Crippen LogP contribution in [0.1, 0.15) is 36.1 Å². The Morgan fingerprint density at radius 2 is 0.983 bits per heavy atom. The zero-order chi connectivity index (χ0) is 39.6. The number of aromatic nitrogens is 1. The summed E-state index contributed by atoms with van der Waals surface area (Å²) in [6.07, 6.45) is 3.07. The van der Waals surface area contributed by atoms with E-state index in [9.17, 15) is 4.79 Å². The summed E-state index contributed by atoms with van der Waals surface area (Å²) in [5.74, 6) is -0.0625. The van der Waals surface area contributed by atoms with E-state index in [0.717, 1.165) is 45.4 Å². The molecule has 1 spiro atoms. The molecule has 0 atom stereocenters. The summed E-state index contributed by atoms with van der Waals surface area (Å²) >= 11 is 0. The van der Waals surface area contributed by atoms with Crippen molar-refractivity contribution in [2.45, 2.75) is 19.3 Å². The van der Waals surface area contributed by atoms with E-state index in [0.29, 0.717) is 0 Å². The first kappa shape index (κ1) is 39.0. The van der Waals surface area contributed by atoms with Crippen molar-refractivity contribution in [3.63, 3.8) is 0 Å². The number of aliphatic hydroxyl groups excluding tert-OH is 1. The predicted octanol–water partition coefficient (Wildman–Crippen LogP) is 13.2. The minimum absolute atomic E-state index is 0. The number of fused-ring (bicyclic) bond motifs is 10. The molecule has 59 heavy (non-hydrogen) atoms. The first-order valence-electron chi connectivity index (χ1n) is 19.4. The minimum Gasteiger partial charge on any atom is -0.512 e. The summed E-state index contributed by atoms with van der Waals surface area (Å²) in [4.78, 5) is 19.7. The molecular weight excluding hydrogens is 903 g/mol. The molecule has 1 heterocycles. The van der Waals surface area contributed by atoms with Gasteiger partial charge in [-0.1, -0.05) is 96.6 Å². The van der Waals surface area contributed by atoms with E-state index < -0.39 is 5.41 Å². The van der Waals surface area contributed by atoms with Crippen molar-refractivity contribution in [2.75, 3.05) is 9.80 Å². The Labute approximate surface area is 358 Å². The zero-order valence-corrected chi connectivity index (χ0v) is 35.0. The minimum atomic E-state index is -0.521. The van der Waals surface area contributed by atoms with Gasteiger partial charge in [0.15, 0.2) is 5.78 Å². The molecule has 1 radical (unpaired) electrons. The van der Waals surface area contributed by atoms with Crippen LogP contribution < -0.4 is 9.80 Å². The fourth-order valence-corrected chi connectivity index (χ4v) is 8.66. The molecule has 1 aromatic heterocycles. The molecule has 1 N–H and O–H groups in total. The Bertz CT molecular complexity index is 2530. The fourth-order valence-electron chi connectivity index (χ4n) is 8.66. The molecule has 0 aliphatic heterocycles. The second-order valence-corrected chi connectivity index (χ2v) is 14.5. The third-order valence-electron chi connectivity index (χ3n) is 10.8. The van der Waals surface area contributed by atoms with Crippen molar-refractivity contribution < 1.29 is 30.0 Å². The molecule has 0 saturated heterocycles. The van der Waals surface area contributed by atoms with Crippen LogP contribution >= 0.6 is 0 Å². The van der Waals surface area contributed by atoms with E-state index in [1.54, 1.807) is 0 Å². The summed E-state index contributed by atoms with van der Waals surface area (Å²) < 4.78 is 0. The number of anilines is 6. The molecule has 0 amide bonds. The number of carbonyl (C=O) groups is 1. The van der Waals surface area contributed by atoms with E-state index in [1.807, 2.05) is 12.3 Å². The van der Waals surface area contributed by atoms with Crippen molar-refractivity contribution in [3.05, 3.63) is 234 Å². The summed E-state index contributed by atoms with van der Waals surface area (Å²) in [5.41, 5.74) is 15.6. The maximum Gasteiger partial charge on any atom is 0.155 e. The van der Waals surface area contributed by atoms with Crippen LogP contribution in [0.2, 0.25) is 0 Å². The van der Waals surface area contributed by atoms with Crippen molar-refractivity contribution in [2.24, 2.45) is 0 Å². The maximum absolute atomic E-state index is 10.0. The molecule has 0 bridgehead atoms. The van der Waals surface area contributed by atoms with Gasteiger partial charge in [-0.2, -0.15) is 0 Å². The van der Waals surface area contributed by atoms with Crippen molar-refractivity contribution >= 4 is 39.9 Å². The monoisotopic (exact) mass is 943 g/mol.